The van der Waals surface area contributed by atoms with Crippen LogP contribution in [0.4, 0.5) is 16.4 Å². The van der Waals surface area contributed by atoms with Crippen LogP contribution in [0.25, 0.3) is 0 Å². The summed E-state index contributed by atoms with van der Waals surface area (Å²) in [5, 5.41) is 32.8. The molecule has 12 heteroatoms. The maximum absolute atomic E-state index is 11.5. The van der Waals surface area contributed by atoms with Crippen molar-refractivity contribution in [3.8, 4) is 23.3 Å². The Morgan fingerprint density at radius 2 is 1.91 bits per heavy atom. The summed E-state index contributed by atoms with van der Waals surface area (Å²) in [5.74, 6) is 0.379. The standard InChI is InChI=1S/C23H17IN4O6S/c1-33-20-9-13(12-26-23-16(11-25)15-4-2-3-5-21(15)35-23)8-17(24)22(20)34-19-7-6-14(27(29)30)10-18(19)28(31)32/h6-10,12H,2-5H2,1H3. The van der Waals surface area contributed by atoms with Crippen LogP contribution in [0.15, 0.2) is 35.3 Å². The number of rotatable bonds is 7. The number of nitro groups is 2. The molecule has 1 aliphatic carbocycles. The SMILES string of the molecule is COc1cc(C=Nc2sc3c(c2C#N)CCCC3)cc(I)c1Oc1ccc([N+](=O)[O-])cc1[N+](=O)[O-]. The number of hydrogen-bond acceptors (Lipinski definition) is 9. The van der Waals surface area contributed by atoms with Crippen molar-refractivity contribution in [2.24, 2.45) is 4.99 Å². The van der Waals surface area contributed by atoms with Gasteiger partial charge in [0.05, 0.1) is 32.2 Å². The van der Waals surface area contributed by atoms with Crippen molar-refractivity contribution in [3.63, 3.8) is 0 Å². The largest absolute Gasteiger partial charge is 0.493 e. The lowest BCUT2D eigenvalue weighted by Crippen LogP contribution is -1.99. The molecule has 4 rings (SSSR count). The molecule has 0 unspecified atom stereocenters. The van der Waals surface area contributed by atoms with Crippen LogP contribution in [0, 0.1) is 35.1 Å². The zero-order valence-electron chi connectivity index (χ0n) is 18.3. The third-order valence-corrected chi connectivity index (χ3v) is 7.41. The first kappa shape index (κ1) is 24.6. The molecule has 0 atom stereocenters. The molecule has 0 bridgehead atoms. The van der Waals surface area contributed by atoms with Gasteiger partial charge < -0.3 is 9.47 Å². The summed E-state index contributed by atoms with van der Waals surface area (Å²) in [6.45, 7) is 0. The van der Waals surface area contributed by atoms with Crippen molar-refractivity contribution in [3.05, 3.63) is 75.7 Å². The number of non-ortho nitro benzene ring substituents is 1. The van der Waals surface area contributed by atoms with Gasteiger partial charge in [-0.2, -0.15) is 5.26 Å². The smallest absolute Gasteiger partial charge is 0.318 e. The molecular weight excluding hydrogens is 587 g/mol. The van der Waals surface area contributed by atoms with Gasteiger partial charge in [0.25, 0.3) is 5.69 Å². The Morgan fingerprint density at radius 3 is 2.60 bits per heavy atom. The Bertz CT molecular complexity index is 1410. The second-order valence-electron chi connectivity index (χ2n) is 7.56. The van der Waals surface area contributed by atoms with Crippen molar-refractivity contribution < 1.29 is 19.3 Å². The van der Waals surface area contributed by atoms with Gasteiger partial charge in [-0.15, -0.1) is 11.3 Å². The minimum absolute atomic E-state index is 0.152. The lowest BCUT2D eigenvalue weighted by atomic mass is 9.96. The fourth-order valence-corrected chi connectivity index (χ4v) is 5.68. The molecule has 2 aromatic carbocycles. The van der Waals surface area contributed by atoms with Crippen LogP contribution >= 0.6 is 33.9 Å². The highest BCUT2D eigenvalue weighted by atomic mass is 127. The van der Waals surface area contributed by atoms with Crippen molar-refractivity contribution in [2.75, 3.05) is 7.11 Å². The number of fused-ring (bicyclic) bond motifs is 1. The molecule has 0 aliphatic heterocycles. The van der Waals surface area contributed by atoms with Gasteiger partial charge in [-0.25, -0.2) is 4.99 Å². The Balaban J connectivity index is 1.66. The zero-order chi connectivity index (χ0) is 25.1. The molecule has 178 valence electrons. The number of halogens is 1. The van der Waals surface area contributed by atoms with Crippen LogP contribution in [-0.4, -0.2) is 23.2 Å². The number of methoxy groups -OCH3 is 1. The van der Waals surface area contributed by atoms with E-state index >= 15 is 0 Å². The van der Waals surface area contributed by atoms with Crippen LogP contribution in [0.2, 0.25) is 0 Å². The number of nitro benzene ring substituents is 2. The average molecular weight is 604 g/mol. The van der Waals surface area contributed by atoms with Gasteiger partial charge in [0.1, 0.15) is 11.1 Å². The molecule has 3 aromatic rings. The van der Waals surface area contributed by atoms with E-state index in [-0.39, 0.29) is 11.5 Å². The summed E-state index contributed by atoms with van der Waals surface area (Å²) < 4.78 is 11.8. The van der Waals surface area contributed by atoms with Gasteiger partial charge in [0, 0.05) is 17.2 Å². The van der Waals surface area contributed by atoms with Crippen molar-refractivity contribution in [2.45, 2.75) is 25.7 Å². The van der Waals surface area contributed by atoms with Crippen LogP contribution in [0.1, 0.15) is 34.4 Å². The highest BCUT2D eigenvalue weighted by molar-refractivity contribution is 14.1. The molecule has 0 saturated carbocycles. The van der Waals surface area contributed by atoms with E-state index in [1.165, 1.54) is 18.1 Å². The van der Waals surface area contributed by atoms with Crippen LogP contribution in [0.5, 0.6) is 17.2 Å². The molecule has 0 spiro atoms. The number of benzene rings is 2. The number of nitriles is 1. The normalized spacial score (nSPS) is 12.7. The predicted octanol–water partition coefficient (Wildman–Crippen LogP) is 6.47. The number of hydrogen-bond donors (Lipinski definition) is 0. The van der Waals surface area contributed by atoms with Gasteiger partial charge >= 0.3 is 5.69 Å². The average Bonchev–Trinajstić information content (AvgIpc) is 3.21. The number of aryl methyl sites for hydroxylation is 1. The van der Waals surface area contributed by atoms with E-state index in [1.807, 2.05) is 22.6 Å². The van der Waals surface area contributed by atoms with Gasteiger partial charge in [0.2, 0.25) is 5.75 Å². The zero-order valence-corrected chi connectivity index (χ0v) is 21.3. The first-order chi connectivity index (χ1) is 16.8. The molecule has 0 N–H and O–H groups in total. The quantitative estimate of drug-likeness (QED) is 0.130. The number of thiophene rings is 1. The fourth-order valence-electron chi connectivity index (χ4n) is 3.76. The molecule has 0 fully saturated rings. The number of nitrogens with zero attached hydrogens (tertiary/aromatic N) is 4. The maximum Gasteiger partial charge on any atom is 0.318 e. The summed E-state index contributed by atoms with van der Waals surface area (Å²) in [6, 6.07) is 8.89. The Kier molecular flexibility index (Phi) is 7.27. The maximum atomic E-state index is 11.5. The van der Waals surface area contributed by atoms with Crippen LogP contribution in [-0.2, 0) is 12.8 Å². The lowest BCUT2D eigenvalue weighted by molar-refractivity contribution is -0.394. The number of aliphatic imine (C=N–C) groups is 1. The van der Waals surface area contributed by atoms with Crippen molar-refractivity contribution >= 4 is 56.5 Å². The molecular formula is C23H17IN4O6S. The van der Waals surface area contributed by atoms with E-state index in [4.69, 9.17) is 9.47 Å². The highest BCUT2D eigenvalue weighted by Crippen LogP contribution is 2.42. The summed E-state index contributed by atoms with van der Waals surface area (Å²) in [5.41, 5.74) is 1.48. The van der Waals surface area contributed by atoms with Crippen LogP contribution < -0.4 is 9.47 Å². The second-order valence-corrected chi connectivity index (χ2v) is 9.81. The van der Waals surface area contributed by atoms with Crippen molar-refractivity contribution in [1.29, 1.82) is 5.26 Å². The summed E-state index contributed by atoms with van der Waals surface area (Å²) in [4.78, 5) is 26.8. The first-order valence-corrected chi connectivity index (χ1v) is 12.3. The van der Waals surface area contributed by atoms with E-state index in [0.29, 0.717) is 25.4 Å². The Labute approximate surface area is 217 Å². The van der Waals surface area contributed by atoms with E-state index in [1.54, 1.807) is 29.7 Å². The highest BCUT2D eigenvalue weighted by Gasteiger charge is 2.24. The summed E-state index contributed by atoms with van der Waals surface area (Å²) in [7, 11) is 1.44. The summed E-state index contributed by atoms with van der Waals surface area (Å²) >= 11 is 3.55. The van der Waals surface area contributed by atoms with E-state index in [2.05, 4.69) is 11.1 Å². The summed E-state index contributed by atoms with van der Waals surface area (Å²) in [6.07, 6.45) is 5.70. The Hall–Kier alpha value is -3.57. The van der Waals surface area contributed by atoms with Gasteiger partial charge in [-0.05, 0) is 77.6 Å². The van der Waals surface area contributed by atoms with Gasteiger partial charge in [-0.3, -0.25) is 20.2 Å². The van der Waals surface area contributed by atoms with Gasteiger partial charge in [0.15, 0.2) is 11.5 Å². The molecule has 10 nitrogen and oxygen atoms in total. The molecule has 0 saturated heterocycles. The molecule has 35 heavy (non-hydrogen) atoms. The van der Waals surface area contributed by atoms with Crippen molar-refractivity contribution in [1.82, 2.24) is 0 Å². The third-order valence-electron chi connectivity index (χ3n) is 5.41. The topological polar surface area (TPSA) is 141 Å². The molecule has 1 aromatic heterocycles. The molecule has 1 heterocycles. The second kappa shape index (κ2) is 10.4. The number of ether oxygens (including phenoxy) is 2. The minimum Gasteiger partial charge on any atom is -0.493 e. The fraction of sp³-hybridized carbons (Fsp3) is 0.217. The molecule has 0 amide bonds. The predicted molar refractivity (Wildman–Crippen MR) is 138 cm³/mol. The van der Waals surface area contributed by atoms with Crippen LogP contribution in [0.3, 0.4) is 0 Å². The lowest BCUT2D eigenvalue weighted by Gasteiger charge is -2.13. The monoisotopic (exact) mass is 604 g/mol. The Morgan fingerprint density at radius 1 is 1.14 bits per heavy atom. The third kappa shape index (κ3) is 5.10. The molecule has 1 aliphatic rings. The minimum atomic E-state index is -0.740. The first-order valence-electron chi connectivity index (χ1n) is 10.4. The molecule has 0 radical (unpaired) electrons. The van der Waals surface area contributed by atoms with Gasteiger partial charge in [-0.1, -0.05) is 0 Å². The van der Waals surface area contributed by atoms with E-state index in [9.17, 15) is 25.5 Å². The van der Waals surface area contributed by atoms with E-state index < -0.39 is 21.2 Å². The van der Waals surface area contributed by atoms with E-state index in [0.717, 1.165) is 43.4 Å².